The Morgan fingerprint density at radius 2 is 1.85 bits per heavy atom. The summed E-state index contributed by atoms with van der Waals surface area (Å²) in [7, 11) is 1.43. The normalized spacial score (nSPS) is 29.7. The van der Waals surface area contributed by atoms with Crippen molar-refractivity contribution in [3.05, 3.63) is 41.5 Å². The largest absolute Gasteiger partial charge is 0.508 e. The number of phenols is 1. The van der Waals surface area contributed by atoms with Crippen LogP contribution in [-0.4, -0.2) is 94.3 Å². The SMILES string of the molecule is C#Cc1c(F)ccc2cc(O)cc(-c3nc(OC)c4c(N5CCCC(C)(O)C5)nc(OCC56CCCC5N(C5CC7(CCOC7)C5)CCC6)nc4c3F)c12. The summed E-state index contributed by atoms with van der Waals surface area (Å²) < 4.78 is 50.6. The maximum Gasteiger partial charge on any atom is 0.319 e. The lowest BCUT2D eigenvalue weighted by atomic mass is 9.63. The Kier molecular flexibility index (Phi) is 8.63. The number of aromatic nitrogens is 3. The monoisotopic (exact) mass is 739 g/mol. The van der Waals surface area contributed by atoms with Crippen LogP contribution in [0.1, 0.15) is 76.7 Å². The number of anilines is 1. The molecule has 0 bridgehead atoms. The van der Waals surface area contributed by atoms with Crippen LogP contribution in [0.15, 0.2) is 24.3 Å². The van der Waals surface area contributed by atoms with E-state index in [0.717, 1.165) is 58.3 Å². The average Bonchev–Trinajstić information content (AvgIpc) is 3.82. The van der Waals surface area contributed by atoms with Gasteiger partial charge in [-0.25, -0.2) is 13.8 Å². The predicted octanol–water partition coefficient (Wildman–Crippen LogP) is 6.75. The van der Waals surface area contributed by atoms with Gasteiger partial charge in [0.15, 0.2) is 5.82 Å². The third-order valence-corrected chi connectivity index (χ3v) is 13.2. The molecule has 10 nitrogen and oxygen atoms in total. The molecule has 2 aromatic carbocycles. The first kappa shape index (κ1) is 35.4. The molecule has 3 atom stereocenters. The highest BCUT2D eigenvalue weighted by Crippen LogP contribution is 2.55. The fourth-order valence-corrected chi connectivity index (χ4v) is 10.6. The van der Waals surface area contributed by atoms with Gasteiger partial charge in [0.2, 0.25) is 5.88 Å². The van der Waals surface area contributed by atoms with E-state index in [-0.39, 0.29) is 62.7 Å². The second kappa shape index (κ2) is 13.2. The molecule has 3 unspecified atom stereocenters. The number of nitrogens with zero attached hydrogens (tertiary/aromatic N) is 5. The lowest BCUT2D eigenvalue weighted by Crippen LogP contribution is -2.60. The van der Waals surface area contributed by atoms with Gasteiger partial charge in [-0.05, 0) is 100 Å². The lowest BCUT2D eigenvalue weighted by Gasteiger charge is -2.56. The number of methoxy groups -OCH3 is 1. The first-order valence-electron chi connectivity index (χ1n) is 19.3. The van der Waals surface area contributed by atoms with E-state index in [0.29, 0.717) is 54.7 Å². The van der Waals surface area contributed by atoms with Gasteiger partial charge >= 0.3 is 6.01 Å². The Morgan fingerprint density at radius 1 is 1.04 bits per heavy atom. The number of likely N-dealkylation sites (tertiary alicyclic amines) is 1. The Bertz CT molecular complexity index is 2180. The Balaban J connectivity index is 1.14. The van der Waals surface area contributed by atoms with Gasteiger partial charge < -0.3 is 29.3 Å². The Hall–Kier alpha value is -4.31. The van der Waals surface area contributed by atoms with Gasteiger partial charge in [-0.2, -0.15) is 9.97 Å². The number of piperidine rings is 2. The molecule has 2 aliphatic carbocycles. The van der Waals surface area contributed by atoms with Gasteiger partial charge in [0.1, 0.15) is 34.0 Å². The molecular weight excluding hydrogens is 692 g/mol. The molecule has 4 aromatic rings. The van der Waals surface area contributed by atoms with Gasteiger partial charge in [-0.3, -0.25) is 4.90 Å². The zero-order valence-corrected chi connectivity index (χ0v) is 31.0. The number of aromatic hydroxyl groups is 1. The molecule has 2 saturated carbocycles. The van der Waals surface area contributed by atoms with Crippen molar-refractivity contribution in [2.75, 3.05) is 51.5 Å². The summed E-state index contributed by atoms with van der Waals surface area (Å²) >= 11 is 0. The van der Waals surface area contributed by atoms with Crippen molar-refractivity contribution < 1.29 is 33.2 Å². The van der Waals surface area contributed by atoms with E-state index in [9.17, 15) is 10.2 Å². The number of hydrogen-bond acceptors (Lipinski definition) is 10. The van der Waals surface area contributed by atoms with E-state index in [4.69, 9.17) is 30.6 Å². The second-order valence-electron chi connectivity index (χ2n) is 16.8. The van der Waals surface area contributed by atoms with E-state index in [2.05, 4.69) is 15.8 Å². The summed E-state index contributed by atoms with van der Waals surface area (Å²) in [5.74, 6) is 1.13. The number of pyridine rings is 1. The van der Waals surface area contributed by atoms with Crippen molar-refractivity contribution >= 4 is 27.5 Å². The van der Waals surface area contributed by atoms with Crippen LogP contribution in [0.3, 0.4) is 0 Å². The summed E-state index contributed by atoms with van der Waals surface area (Å²) in [5, 5.41) is 22.7. The van der Waals surface area contributed by atoms with Gasteiger partial charge in [0, 0.05) is 48.1 Å². The summed E-state index contributed by atoms with van der Waals surface area (Å²) in [4.78, 5) is 18.9. The minimum atomic E-state index is -1.00. The highest BCUT2D eigenvalue weighted by Gasteiger charge is 2.55. The van der Waals surface area contributed by atoms with Gasteiger partial charge in [-0.15, -0.1) is 6.42 Å². The molecule has 1 spiro atoms. The molecule has 12 heteroatoms. The zero-order valence-electron chi connectivity index (χ0n) is 31.0. The van der Waals surface area contributed by atoms with Gasteiger partial charge in [0.05, 0.1) is 31.5 Å². The van der Waals surface area contributed by atoms with E-state index in [1.165, 1.54) is 44.2 Å². The third-order valence-electron chi connectivity index (χ3n) is 13.2. The van der Waals surface area contributed by atoms with Crippen molar-refractivity contribution in [1.29, 1.82) is 0 Å². The number of rotatable bonds is 7. The molecule has 9 rings (SSSR count). The van der Waals surface area contributed by atoms with Gasteiger partial charge in [-0.1, -0.05) is 18.4 Å². The van der Waals surface area contributed by atoms with Crippen LogP contribution in [0.2, 0.25) is 0 Å². The smallest absolute Gasteiger partial charge is 0.319 e. The molecule has 0 radical (unpaired) electrons. The standard InChI is InChI=1S/C42H47F2N5O5/c1-4-28-30(43)10-9-25-18-27(50)19-29(32(25)28)35-34(44)36-33(38(45-35)52-3)37(48-15-6-11-40(2,51)22-48)47-39(46-36)54-24-42-12-5-8-31(42)49(16-7-13-42)26-20-41(21-26)14-17-53-23-41/h1,9-10,18-19,26,31,50-51H,5-8,11-17,20-24H2,2-3H3. The Morgan fingerprint density at radius 3 is 2.61 bits per heavy atom. The molecule has 54 heavy (non-hydrogen) atoms. The number of hydrogen-bond donors (Lipinski definition) is 2. The molecular formula is C42H47F2N5O5. The highest BCUT2D eigenvalue weighted by atomic mass is 19.1. The number of ether oxygens (including phenoxy) is 3. The topological polar surface area (TPSA) is 113 Å². The van der Waals surface area contributed by atoms with Crippen molar-refractivity contribution in [1.82, 2.24) is 19.9 Å². The first-order chi connectivity index (χ1) is 26.0. The molecule has 0 amide bonds. The minimum Gasteiger partial charge on any atom is -0.508 e. The van der Waals surface area contributed by atoms with Crippen molar-refractivity contribution in [2.45, 2.75) is 88.8 Å². The average molecular weight is 740 g/mol. The van der Waals surface area contributed by atoms with E-state index in [1.54, 1.807) is 6.92 Å². The fraction of sp³-hybridized carbons (Fsp3) is 0.548. The molecule has 3 aliphatic heterocycles. The van der Waals surface area contributed by atoms with Crippen LogP contribution in [0.5, 0.6) is 17.6 Å². The van der Waals surface area contributed by atoms with Crippen LogP contribution in [0.25, 0.3) is 32.9 Å². The Labute approximate surface area is 313 Å². The van der Waals surface area contributed by atoms with Gasteiger partial charge in [0.25, 0.3) is 0 Å². The summed E-state index contributed by atoms with van der Waals surface area (Å²) in [6.07, 6.45) is 16.0. The molecule has 5 fully saturated rings. The fourth-order valence-electron chi connectivity index (χ4n) is 10.6. The van der Waals surface area contributed by atoms with Crippen LogP contribution in [0.4, 0.5) is 14.6 Å². The maximum atomic E-state index is 17.3. The maximum absolute atomic E-state index is 17.3. The second-order valence-corrected chi connectivity index (χ2v) is 16.8. The van der Waals surface area contributed by atoms with Crippen LogP contribution in [-0.2, 0) is 4.74 Å². The van der Waals surface area contributed by atoms with E-state index >= 15 is 8.78 Å². The summed E-state index contributed by atoms with van der Waals surface area (Å²) in [6, 6.07) is 6.44. The summed E-state index contributed by atoms with van der Waals surface area (Å²) in [5.41, 5.74) is -1.02. The number of phenolic OH excluding ortho intramolecular Hbond substituents is 1. The summed E-state index contributed by atoms with van der Waals surface area (Å²) in [6.45, 7) is 5.84. The van der Waals surface area contributed by atoms with Crippen molar-refractivity contribution in [3.63, 3.8) is 0 Å². The van der Waals surface area contributed by atoms with Crippen LogP contribution in [0, 0.1) is 34.8 Å². The van der Waals surface area contributed by atoms with Crippen molar-refractivity contribution in [3.8, 4) is 41.2 Å². The molecule has 2 N–H and O–H groups in total. The molecule has 5 aliphatic rings. The molecule has 5 heterocycles. The number of fused-ring (bicyclic) bond motifs is 3. The third kappa shape index (κ3) is 5.82. The quantitative estimate of drug-likeness (QED) is 0.198. The molecule has 2 aromatic heterocycles. The number of terminal acetylenes is 1. The molecule has 3 saturated heterocycles. The number of β-amino-alcohol motifs (C(OH)–C–C–N with tert-alkyl or cyclic N) is 1. The highest BCUT2D eigenvalue weighted by molar-refractivity contribution is 6.04. The van der Waals surface area contributed by atoms with Crippen LogP contribution >= 0.6 is 0 Å². The lowest BCUT2D eigenvalue weighted by molar-refractivity contribution is -0.0813. The van der Waals surface area contributed by atoms with Crippen molar-refractivity contribution in [2.24, 2.45) is 10.8 Å². The predicted molar refractivity (Wildman–Crippen MR) is 201 cm³/mol. The minimum absolute atomic E-state index is 0.0276. The number of benzene rings is 2. The first-order valence-corrected chi connectivity index (χ1v) is 19.3. The molecule has 284 valence electrons. The number of aliphatic hydroxyl groups is 1. The van der Waals surface area contributed by atoms with E-state index in [1.807, 2.05) is 4.90 Å². The van der Waals surface area contributed by atoms with E-state index < -0.39 is 17.2 Å². The van der Waals surface area contributed by atoms with Crippen LogP contribution < -0.4 is 14.4 Å². The zero-order chi connectivity index (χ0) is 37.4. The number of halogens is 2.